The van der Waals surface area contributed by atoms with Crippen molar-refractivity contribution in [3.8, 4) is 0 Å². The molecule has 10 heteroatoms. The maximum Gasteiger partial charge on any atom is 0.264 e. The van der Waals surface area contributed by atoms with Crippen molar-refractivity contribution in [2.75, 3.05) is 10.8 Å². The van der Waals surface area contributed by atoms with Crippen LogP contribution in [0.15, 0.2) is 41.3 Å². The van der Waals surface area contributed by atoms with E-state index in [0.29, 0.717) is 5.02 Å². The van der Waals surface area contributed by atoms with Crippen molar-refractivity contribution in [2.45, 2.75) is 4.90 Å². The number of nitrogens with zero attached hydrogens (tertiary/aromatic N) is 1. The minimum absolute atomic E-state index is 0.00295. The zero-order valence-corrected chi connectivity index (χ0v) is 15.7. The number of nitrogens with two attached hydrogens (primary N) is 1. The van der Waals surface area contributed by atoms with E-state index in [-0.39, 0.29) is 25.7 Å². The number of hydrogen-bond donors (Lipinski definition) is 1. The fraction of sp³-hybridized carbons (Fsp3) is 0.0714. The lowest BCUT2D eigenvalue weighted by molar-refractivity contribution is -0.116. The molecule has 0 unspecified atom stereocenters. The molecule has 0 aliphatic carbocycles. The van der Waals surface area contributed by atoms with Gasteiger partial charge >= 0.3 is 0 Å². The molecular formula is C14H10Cl4N2O3S. The van der Waals surface area contributed by atoms with Crippen molar-refractivity contribution < 1.29 is 13.2 Å². The number of anilines is 1. The molecule has 0 bridgehead atoms. The van der Waals surface area contributed by atoms with Gasteiger partial charge < -0.3 is 5.73 Å². The van der Waals surface area contributed by atoms with Gasteiger partial charge in [0, 0.05) is 5.02 Å². The number of hydrogen-bond acceptors (Lipinski definition) is 3. The number of amides is 1. The van der Waals surface area contributed by atoms with Crippen LogP contribution in [0.4, 0.5) is 5.69 Å². The molecule has 0 aliphatic rings. The molecule has 0 aromatic heterocycles. The van der Waals surface area contributed by atoms with Gasteiger partial charge in [0.25, 0.3) is 10.0 Å². The summed E-state index contributed by atoms with van der Waals surface area (Å²) < 4.78 is 26.5. The van der Waals surface area contributed by atoms with Crippen molar-refractivity contribution in [1.82, 2.24) is 0 Å². The average Bonchev–Trinajstić information content (AvgIpc) is 2.49. The predicted molar refractivity (Wildman–Crippen MR) is 96.7 cm³/mol. The lowest BCUT2D eigenvalue weighted by Gasteiger charge is -2.24. The number of carbonyl (C=O) groups is 1. The minimum Gasteiger partial charge on any atom is -0.368 e. The summed E-state index contributed by atoms with van der Waals surface area (Å²) in [5.74, 6) is -0.866. The minimum atomic E-state index is -4.13. The van der Waals surface area contributed by atoms with Crippen LogP contribution in [0.3, 0.4) is 0 Å². The monoisotopic (exact) mass is 426 g/mol. The van der Waals surface area contributed by atoms with Crippen molar-refractivity contribution in [1.29, 1.82) is 0 Å². The van der Waals surface area contributed by atoms with Gasteiger partial charge in [-0.05, 0) is 36.4 Å². The van der Waals surface area contributed by atoms with Crippen LogP contribution in [0, 0.1) is 0 Å². The second kappa shape index (κ2) is 7.37. The van der Waals surface area contributed by atoms with Crippen molar-refractivity contribution in [3.05, 3.63) is 56.5 Å². The smallest absolute Gasteiger partial charge is 0.264 e. The van der Waals surface area contributed by atoms with E-state index in [1.165, 1.54) is 36.4 Å². The van der Waals surface area contributed by atoms with Crippen LogP contribution in [-0.2, 0) is 14.8 Å². The maximum atomic E-state index is 12.9. The first-order valence-corrected chi connectivity index (χ1v) is 9.29. The van der Waals surface area contributed by atoms with Crippen LogP contribution in [0.2, 0.25) is 20.1 Å². The number of rotatable bonds is 5. The average molecular weight is 428 g/mol. The normalized spacial score (nSPS) is 11.3. The van der Waals surface area contributed by atoms with E-state index in [1.807, 2.05) is 0 Å². The van der Waals surface area contributed by atoms with Crippen LogP contribution >= 0.6 is 46.4 Å². The molecule has 0 radical (unpaired) electrons. The first-order valence-electron chi connectivity index (χ1n) is 6.34. The second-order valence-electron chi connectivity index (χ2n) is 4.65. The molecule has 0 spiro atoms. The van der Waals surface area contributed by atoms with Gasteiger partial charge in [0.15, 0.2) is 0 Å². The molecule has 0 heterocycles. The molecule has 0 aliphatic heterocycles. The Morgan fingerprint density at radius 2 is 1.50 bits per heavy atom. The van der Waals surface area contributed by atoms with Crippen LogP contribution in [0.5, 0.6) is 0 Å². The fourth-order valence-corrected chi connectivity index (χ4v) is 4.14. The summed E-state index contributed by atoms with van der Waals surface area (Å²) in [6.45, 7) is -0.622. The third-order valence-electron chi connectivity index (χ3n) is 2.96. The van der Waals surface area contributed by atoms with E-state index in [4.69, 9.17) is 52.1 Å². The highest BCUT2D eigenvalue weighted by molar-refractivity contribution is 7.92. The van der Waals surface area contributed by atoms with Gasteiger partial charge in [0.1, 0.15) is 6.54 Å². The third-order valence-corrected chi connectivity index (χ3v) is 6.01. The Labute approximate surface area is 158 Å². The van der Waals surface area contributed by atoms with Crippen LogP contribution in [-0.4, -0.2) is 20.9 Å². The van der Waals surface area contributed by atoms with E-state index in [2.05, 4.69) is 0 Å². The molecule has 2 rings (SSSR count). The van der Waals surface area contributed by atoms with Crippen LogP contribution < -0.4 is 10.0 Å². The highest BCUT2D eigenvalue weighted by atomic mass is 35.5. The van der Waals surface area contributed by atoms with Gasteiger partial charge in [-0.3, -0.25) is 9.10 Å². The van der Waals surface area contributed by atoms with E-state index in [9.17, 15) is 13.2 Å². The summed E-state index contributed by atoms with van der Waals surface area (Å²) in [7, 11) is -4.13. The Hall–Kier alpha value is -1.18. The van der Waals surface area contributed by atoms with Crippen LogP contribution in [0.1, 0.15) is 0 Å². The fourth-order valence-electron chi connectivity index (χ4n) is 1.88. The quantitative estimate of drug-likeness (QED) is 0.732. The number of sulfonamides is 1. The Balaban J connectivity index is 2.63. The van der Waals surface area contributed by atoms with Gasteiger partial charge in [0.05, 0.1) is 25.7 Å². The summed E-state index contributed by atoms with van der Waals surface area (Å²) >= 11 is 23.6. The van der Waals surface area contributed by atoms with Gasteiger partial charge in [-0.1, -0.05) is 46.4 Å². The number of carbonyl (C=O) groups excluding carboxylic acids is 1. The van der Waals surface area contributed by atoms with Crippen molar-refractivity contribution in [2.24, 2.45) is 5.73 Å². The van der Waals surface area contributed by atoms with Gasteiger partial charge in [-0.15, -0.1) is 0 Å². The lowest BCUT2D eigenvalue weighted by Crippen LogP contribution is -2.38. The van der Waals surface area contributed by atoms with E-state index in [0.717, 1.165) is 4.31 Å². The van der Waals surface area contributed by atoms with Crippen LogP contribution in [0.25, 0.3) is 0 Å². The number of benzene rings is 2. The first-order chi connectivity index (χ1) is 11.1. The SMILES string of the molecule is NC(=O)CN(c1cc(Cl)c(Cl)cc1Cl)S(=O)(=O)c1ccc(Cl)cc1. The van der Waals surface area contributed by atoms with E-state index in [1.54, 1.807) is 0 Å². The Kier molecular flexibility index (Phi) is 5.88. The molecule has 1 amide bonds. The summed E-state index contributed by atoms with van der Waals surface area (Å²) in [4.78, 5) is 11.3. The summed E-state index contributed by atoms with van der Waals surface area (Å²) in [5.41, 5.74) is 5.17. The topological polar surface area (TPSA) is 80.5 Å². The van der Waals surface area contributed by atoms with Crippen molar-refractivity contribution in [3.63, 3.8) is 0 Å². The van der Waals surface area contributed by atoms with E-state index >= 15 is 0 Å². The molecular weight excluding hydrogens is 418 g/mol. The van der Waals surface area contributed by atoms with Gasteiger partial charge in [-0.2, -0.15) is 0 Å². The molecule has 2 aromatic carbocycles. The molecule has 5 nitrogen and oxygen atoms in total. The summed E-state index contributed by atoms with van der Waals surface area (Å²) in [6.07, 6.45) is 0. The van der Waals surface area contributed by atoms with E-state index < -0.39 is 22.5 Å². The van der Waals surface area contributed by atoms with Crippen molar-refractivity contribution >= 4 is 68.0 Å². The Bertz CT molecular complexity index is 886. The molecule has 0 atom stereocenters. The summed E-state index contributed by atoms with van der Waals surface area (Å²) in [6, 6.07) is 7.96. The van der Waals surface area contributed by atoms with Gasteiger partial charge in [-0.25, -0.2) is 8.42 Å². The molecule has 2 aromatic rings. The predicted octanol–water partition coefficient (Wildman–Crippen LogP) is 3.98. The lowest BCUT2D eigenvalue weighted by atomic mass is 10.3. The molecule has 24 heavy (non-hydrogen) atoms. The standard InChI is InChI=1S/C14H10Cl4N2O3S/c15-8-1-3-9(4-2-8)24(22,23)20(7-14(19)21)13-6-11(17)10(16)5-12(13)18/h1-6H,7H2,(H2,19,21). The number of primary amides is 1. The molecule has 2 N–H and O–H groups in total. The van der Waals surface area contributed by atoms with Gasteiger partial charge in [0.2, 0.25) is 5.91 Å². The zero-order chi connectivity index (χ0) is 18.1. The highest BCUT2D eigenvalue weighted by Crippen LogP contribution is 2.36. The highest BCUT2D eigenvalue weighted by Gasteiger charge is 2.28. The second-order valence-corrected chi connectivity index (χ2v) is 8.17. The Morgan fingerprint density at radius 3 is 2.04 bits per heavy atom. The maximum absolute atomic E-state index is 12.9. The largest absolute Gasteiger partial charge is 0.368 e. The third kappa shape index (κ3) is 4.07. The molecule has 128 valence electrons. The molecule has 0 saturated carbocycles. The molecule has 0 saturated heterocycles. The zero-order valence-electron chi connectivity index (χ0n) is 11.8. The Morgan fingerprint density at radius 1 is 0.958 bits per heavy atom. The molecule has 0 fully saturated rings. The number of halogens is 4. The summed E-state index contributed by atoms with van der Waals surface area (Å²) in [5, 5.41) is 0.594. The first kappa shape index (κ1) is 19.1.